The van der Waals surface area contributed by atoms with Crippen molar-refractivity contribution in [3.05, 3.63) is 144 Å². The van der Waals surface area contributed by atoms with E-state index in [4.69, 9.17) is 4.42 Å². The first-order valence-electron chi connectivity index (χ1n) is 13.4. The smallest absolute Gasteiger partial charge is 0.136 e. The molecule has 2 aromatic heterocycles. The van der Waals surface area contributed by atoms with Crippen molar-refractivity contribution in [2.45, 2.75) is 5.92 Å². The lowest BCUT2D eigenvalue weighted by molar-refractivity contribution is 0.669. The summed E-state index contributed by atoms with van der Waals surface area (Å²) >= 11 is 1.89. The van der Waals surface area contributed by atoms with E-state index in [1.165, 1.54) is 69.9 Å². The van der Waals surface area contributed by atoms with E-state index in [0.717, 1.165) is 11.2 Å². The van der Waals surface area contributed by atoms with Gasteiger partial charge in [0.05, 0.1) is 0 Å². The fraction of sp³-hybridized carbons (Fsp3) is 0.0270. The molecule has 0 bridgehead atoms. The maximum atomic E-state index is 6.22. The van der Waals surface area contributed by atoms with Gasteiger partial charge < -0.3 is 4.42 Å². The van der Waals surface area contributed by atoms with Gasteiger partial charge in [0.15, 0.2) is 0 Å². The third-order valence-electron chi connectivity index (χ3n) is 8.38. The van der Waals surface area contributed by atoms with Gasteiger partial charge in [-0.1, -0.05) is 103 Å². The molecular formula is C37H22OS. The summed E-state index contributed by atoms with van der Waals surface area (Å²) in [5.74, 6) is 0.256. The van der Waals surface area contributed by atoms with E-state index >= 15 is 0 Å². The van der Waals surface area contributed by atoms with Gasteiger partial charge in [-0.3, -0.25) is 0 Å². The normalized spacial score (nSPS) is 13.0. The Morgan fingerprint density at radius 2 is 1.13 bits per heavy atom. The molecule has 0 fully saturated rings. The predicted molar refractivity (Wildman–Crippen MR) is 165 cm³/mol. The Kier molecular flexibility index (Phi) is 4.33. The van der Waals surface area contributed by atoms with Crippen molar-refractivity contribution < 1.29 is 4.42 Å². The second kappa shape index (κ2) is 7.92. The molecule has 1 aliphatic carbocycles. The SMILES string of the molecule is c1ccc2c(c1)-c1ccccc1C2c1ccc2sc3c(-c4cccc5oc6ccccc6c45)cccc3c2c1. The Morgan fingerprint density at radius 3 is 1.97 bits per heavy atom. The molecule has 8 aromatic rings. The molecule has 0 spiro atoms. The van der Waals surface area contributed by atoms with Gasteiger partial charge in [0.25, 0.3) is 0 Å². The van der Waals surface area contributed by atoms with Gasteiger partial charge >= 0.3 is 0 Å². The molecule has 9 rings (SSSR count). The standard InChI is InChI=1S/C37H22OS/c1-3-11-25-23(9-1)24-10-2-4-12-26(24)35(25)22-19-20-34-31(21-22)29-16-7-15-28(37(29)39-34)27-14-8-18-33-36(27)30-13-5-6-17-32(30)38-33/h1-21,35H. The zero-order valence-electron chi connectivity index (χ0n) is 21.0. The highest BCUT2D eigenvalue weighted by Gasteiger charge is 2.29. The molecule has 0 amide bonds. The van der Waals surface area contributed by atoms with Crippen LogP contribution in [0.1, 0.15) is 22.6 Å². The molecule has 6 aromatic carbocycles. The van der Waals surface area contributed by atoms with Crippen LogP contribution in [0.2, 0.25) is 0 Å². The third-order valence-corrected chi connectivity index (χ3v) is 9.60. The molecule has 1 nitrogen and oxygen atoms in total. The van der Waals surface area contributed by atoms with E-state index < -0.39 is 0 Å². The second-order valence-electron chi connectivity index (χ2n) is 10.4. The molecular weight excluding hydrogens is 492 g/mol. The zero-order valence-corrected chi connectivity index (χ0v) is 21.8. The Labute approximate surface area is 229 Å². The van der Waals surface area contributed by atoms with E-state index in [1.54, 1.807) is 0 Å². The topological polar surface area (TPSA) is 13.1 Å². The van der Waals surface area contributed by atoms with Crippen LogP contribution < -0.4 is 0 Å². The molecule has 0 radical (unpaired) electrons. The predicted octanol–water partition coefficient (Wildman–Crippen LogP) is 10.8. The van der Waals surface area contributed by atoms with Gasteiger partial charge in [0, 0.05) is 42.4 Å². The maximum absolute atomic E-state index is 6.22. The van der Waals surface area contributed by atoms with Gasteiger partial charge in [-0.05, 0) is 57.6 Å². The molecule has 0 saturated heterocycles. The average Bonchev–Trinajstić information content (AvgIpc) is 3.66. The van der Waals surface area contributed by atoms with Crippen molar-refractivity contribution in [1.82, 2.24) is 0 Å². The van der Waals surface area contributed by atoms with E-state index in [9.17, 15) is 0 Å². The largest absolute Gasteiger partial charge is 0.456 e. The van der Waals surface area contributed by atoms with Crippen molar-refractivity contribution in [2.75, 3.05) is 0 Å². The number of para-hydroxylation sites is 1. The van der Waals surface area contributed by atoms with Crippen molar-refractivity contribution in [1.29, 1.82) is 0 Å². The van der Waals surface area contributed by atoms with Crippen LogP contribution in [0.3, 0.4) is 0 Å². The molecule has 0 aliphatic heterocycles. The first-order valence-corrected chi connectivity index (χ1v) is 14.2. The molecule has 0 N–H and O–H groups in total. The molecule has 0 saturated carbocycles. The molecule has 0 atom stereocenters. The lowest BCUT2D eigenvalue weighted by Crippen LogP contribution is -1.98. The first kappa shape index (κ1) is 21.3. The molecule has 182 valence electrons. The highest BCUT2D eigenvalue weighted by atomic mass is 32.1. The summed E-state index contributed by atoms with van der Waals surface area (Å²) in [7, 11) is 0. The van der Waals surface area contributed by atoms with Crippen LogP contribution in [0.15, 0.2) is 132 Å². The fourth-order valence-electron chi connectivity index (χ4n) is 6.72. The highest BCUT2D eigenvalue weighted by Crippen LogP contribution is 2.49. The number of benzene rings is 6. The zero-order chi connectivity index (χ0) is 25.5. The van der Waals surface area contributed by atoms with Crippen LogP contribution in [0.25, 0.3) is 64.4 Å². The summed E-state index contributed by atoms with van der Waals surface area (Å²) in [5.41, 5.74) is 11.2. The van der Waals surface area contributed by atoms with Gasteiger partial charge in [0.1, 0.15) is 11.2 Å². The van der Waals surface area contributed by atoms with Gasteiger partial charge in [-0.2, -0.15) is 0 Å². The van der Waals surface area contributed by atoms with Crippen LogP contribution in [0, 0.1) is 0 Å². The summed E-state index contributed by atoms with van der Waals surface area (Å²) < 4.78 is 8.87. The van der Waals surface area contributed by atoms with Gasteiger partial charge in [-0.15, -0.1) is 11.3 Å². The first-order chi connectivity index (χ1) is 19.3. The lowest BCUT2D eigenvalue weighted by Gasteiger charge is -2.14. The number of thiophene rings is 1. The van der Waals surface area contributed by atoms with Crippen LogP contribution >= 0.6 is 11.3 Å². The van der Waals surface area contributed by atoms with Gasteiger partial charge in [-0.25, -0.2) is 0 Å². The Morgan fingerprint density at radius 1 is 0.487 bits per heavy atom. The van der Waals surface area contributed by atoms with Crippen molar-refractivity contribution in [3.8, 4) is 22.3 Å². The summed E-state index contributed by atoms with van der Waals surface area (Å²) in [6.07, 6.45) is 0. The molecule has 2 heterocycles. The monoisotopic (exact) mass is 514 g/mol. The number of rotatable bonds is 2. The third kappa shape index (κ3) is 2.95. The Bertz CT molecular complexity index is 2200. The summed E-state index contributed by atoms with van der Waals surface area (Å²) in [6.45, 7) is 0. The van der Waals surface area contributed by atoms with Crippen LogP contribution in [0.4, 0.5) is 0 Å². The molecule has 1 aliphatic rings. The quantitative estimate of drug-likeness (QED) is 0.224. The van der Waals surface area contributed by atoms with E-state index in [1.807, 2.05) is 17.4 Å². The Balaban J connectivity index is 1.28. The van der Waals surface area contributed by atoms with Crippen LogP contribution in [-0.2, 0) is 0 Å². The lowest BCUT2D eigenvalue weighted by atomic mass is 9.88. The van der Waals surface area contributed by atoms with E-state index in [0.29, 0.717) is 0 Å². The summed E-state index contributed by atoms with van der Waals surface area (Å²) in [6, 6.07) is 46.4. The van der Waals surface area contributed by atoms with Crippen LogP contribution in [0.5, 0.6) is 0 Å². The van der Waals surface area contributed by atoms with Crippen molar-refractivity contribution in [2.24, 2.45) is 0 Å². The molecule has 0 unspecified atom stereocenters. The van der Waals surface area contributed by atoms with Crippen molar-refractivity contribution >= 4 is 53.4 Å². The highest BCUT2D eigenvalue weighted by molar-refractivity contribution is 7.26. The number of hydrogen-bond acceptors (Lipinski definition) is 2. The minimum Gasteiger partial charge on any atom is -0.456 e. The van der Waals surface area contributed by atoms with E-state index in [-0.39, 0.29) is 5.92 Å². The summed E-state index contributed by atoms with van der Waals surface area (Å²) in [5, 5.41) is 5.01. The minimum atomic E-state index is 0.256. The van der Waals surface area contributed by atoms with Crippen LogP contribution in [-0.4, -0.2) is 0 Å². The summed E-state index contributed by atoms with van der Waals surface area (Å²) in [4.78, 5) is 0. The molecule has 39 heavy (non-hydrogen) atoms. The number of fused-ring (bicyclic) bond motifs is 9. The van der Waals surface area contributed by atoms with Gasteiger partial charge in [0.2, 0.25) is 0 Å². The maximum Gasteiger partial charge on any atom is 0.136 e. The van der Waals surface area contributed by atoms with E-state index in [2.05, 4.69) is 121 Å². The fourth-order valence-corrected chi connectivity index (χ4v) is 7.93. The number of furan rings is 1. The Hall–Kier alpha value is -4.66. The average molecular weight is 515 g/mol. The second-order valence-corrected chi connectivity index (χ2v) is 11.5. The molecule has 2 heteroatoms. The minimum absolute atomic E-state index is 0.256. The number of hydrogen-bond donors (Lipinski definition) is 0. The van der Waals surface area contributed by atoms with Crippen molar-refractivity contribution in [3.63, 3.8) is 0 Å².